The molecule has 1 unspecified atom stereocenters. The average Bonchev–Trinajstić information content (AvgIpc) is 3.03. The minimum absolute atomic E-state index is 0.233. The minimum Gasteiger partial charge on any atom is -0.388 e. The van der Waals surface area contributed by atoms with Crippen LogP contribution in [-0.2, 0) is 9.59 Å². The van der Waals surface area contributed by atoms with E-state index in [-0.39, 0.29) is 6.54 Å². The molecule has 0 aliphatic rings. The lowest BCUT2D eigenvalue weighted by Crippen LogP contribution is -2.36. The summed E-state index contributed by atoms with van der Waals surface area (Å²) in [6, 6.07) is 9.07. The van der Waals surface area contributed by atoms with Gasteiger partial charge < -0.3 is 15.7 Å². The number of amides is 2. The summed E-state index contributed by atoms with van der Waals surface area (Å²) in [6.45, 7) is 2.09. The van der Waals surface area contributed by atoms with Crippen LogP contribution in [0, 0.1) is 6.92 Å². The average molecular weight is 318 g/mol. The summed E-state index contributed by atoms with van der Waals surface area (Å²) in [5.41, 5.74) is 2.32. The Kier molecular flexibility index (Phi) is 5.68. The van der Waals surface area contributed by atoms with Crippen LogP contribution in [-0.4, -0.2) is 23.5 Å². The second kappa shape index (κ2) is 7.72. The third-order valence-corrected chi connectivity index (χ3v) is 3.93. The molecule has 0 aliphatic heterocycles. The smallest absolute Gasteiger partial charge is 0.313 e. The monoisotopic (exact) mass is 318 g/mol. The van der Waals surface area contributed by atoms with E-state index in [0.717, 1.165) is 11.1 Å². The van der Waals surface area contributed by atoms with Crippen molar-refractivity contribution in [3.63, 3.8) is 0 Å². The van der Waals surface area contributed by atoms with E-state index in [0.29, 0.717) is 12.1 Å². The second-order valence-corrected chi connectivity index (χ2v) is 5.67. The highest BCUT2D eigenvalue weighted by molar-refractivity contribution is 7.07. The van der Waals surface area contributed by atoms with Crippen LogP contribution >= 0.6 is 11.3 Å². The molecule has 22 heavy (non-hydrogen) atoms. The van der Waals surface area contributed by atoms with Crippen LogP contribution in [0.2, 0.25) is 0 Å². The Morgan fingerprint density at radius 3 is 2.68 bits per heavy atom. The number of anilines is 1. The molecule has 0 saturated carbocycles. The van der Waals surface area contributed by atoms with Crippen LogP contribution in [0.1, 0.15) is 23.7 Å². The molecular weight excluding hydrogens is 300 g/mol. The van der Waals surface area contributed by atoms with Crippen molar-refractivity contribution in [1.82, 2.24) is 5.32 Å². The number of thiophene rings is 1. The van der Waals surface area contributed by atoms with Gasteiger partial charge >= 0.3 is 11.8 Å². The summed E-state index contributed by atoms with van der Waals surface area (Å²) >= 11 is 1.50. The van der Waals surface area contributed by atoms with Crippen LogP contribution < -0.4 is 10.6 Å². The molecule has 1 aromatic heterocycles. The van der Waals surface area contributed by atoms with Crippen molar-refractivity contribution in [2.75, 3.05) is 11.9 Å². The molecule has 0 aliphatic carbocycles. The van der Waals surface area contributed by atoms with Gasteiger partial charge in [-0.3, -0.25) is 9.59 Å². The number of hydrogen-bond acceptors (Lipinski definition) is 4. The number of aliphatic hydroxyl groups excluding tert-OH is 1. The third kappa shape index (κ3) is 4.41. The number of nitrogens with one attached hydrogen (secondary N) is 2. The lowest BCUT2D eigenvalue weighted by molar-refractivity contribution is -0.136. The van der Waals surface area contributed by atoms with E-state index in [4.69, 9.17) is 0 Å². The molecule has 2 aromatic rings. The van der Waals surface area contributed by atoms with Crippen molar-refractivity contribution < 1.29 is 14.7 Å². The van der Waals surface area contributed by atoms with Gasteiger partial charge in [-0.25, -0.2) is 0 Å². The number of aryl methyl sites for hydroxylation is 1. The van der Waals surface area contributed by atoms with Crippen LogP contribution in [0.25, 0.3) is 0 Å². The number of carbonyl (C=O) groups excluding carboxylic acids is 2. The summed E-state index contributed by atoms with van der Waals surface area (Å²) in [5, 5.41) is 18.7. The maximum absolute atomic E-state index is 11.8. The molecule has 1 heterocycles. The van der Waals surface area contributed by atoms with Gasteiger partial charge in [-0.1, -0.05) is 18.2 Å². The molecule has 3 N–H and O–H groups in total. The van der Waals surface area contributed by atoms with E-state index >= 15 is 0 Å². The number of aliphatic hydroxyl groups is 1. The van der Waals surface area contributed by atoms with Gasteiger partial charge in [0.15, 0.2) is 0 Å². The van der Waals surface area contributed by atoms with Crippen molar-refractivity contribution in [1.29, 1.82) is 0 Å². The van der Waals surface area contributed by atoms with Gasteiger partial charge in [0.05, 0.1) is 6.10 Å². The topological polar surface area (TPSA) is 78.4 Å². The van der Waals surface area contributed by atoms with Gasteiger partial charge in [0, 0.05) is 12.2 Å². The molecule has 2 rings (SSSR count). The van der Waals surface area contributed by atoms with Gasteiger partial charge in [0.25, 0.3) is 0 Å². The number of para-hydroxylation sites is 1. The van der Waals surface area contributed by atoms with Crippen LogP contribution in [0.3, 0.4) is 0 Å². The fourth-order valence-electron chi connectivity index (χ4n) is 1.93. The minimum atomic E-state index is -0.709. The number of hydrogen-bond donors (Lipinski definition) is 3. The first-order valence-electron chi connectivity index (χ1n) is 6.93. The summed E-state index contributed by atoms with van der Waals surface area (Å²) in [5.74, 6) is -1.42. The molecule has 0 radical (unpaired) electrons. The molecule has 0 spiro atoms. The standard InChI is InChI=1S/C16H18N2O3S/c1-11-4-2-3-5-13(11)18-16(21)15(20)17-8-6-14(19)12-7-9-22-10-12/h2-5,7,9-10,14,19H,6,8H2,1H3,(H,17,20)(H,18,21). The maximum atomic E-state index is 11.8. The van der Waals surface area contributed by atoms with Gasteiger partial charge in [-0.2, -0.15) is 11.3 Å². The predicted molar refractivity (Wildman–Crippen MR) is 86.7 cm³/mol. The molecule has 1 atom stereocenters. The number of rotatable bonds is 5. The van der Waals surface area contributed by atoms with Gasteiger partial charge in [-0.15, -0.1) is 0 Å². The Bertz CT molecular complexity index is 641. The Balaban J connectivity index is 1.77. The van der Waals surface area contributed by atoms with E-state index in [2.05, 4.69) is 10.6 Å². The van der Waals surface area contributed by atoms with Crippen molar-refractivity contribution in [3.8, 4) is 0 Å². The highest BCUT2D eigenvalue weighted by Gasteiger charge is 2.15. The first-order chi connectivity index (χ1) is 10.6. The van der Waals surface area contributed by atoms with Crippen molar-refractivity contribution in [3.05, 3.63) is 52.2 Å². The molecule has 0 fully saturated rings. The molecule has 2 amide bonds. The van der Waals surface area contributed by atoms with E-state index in [9.17, 15) is 14.7 Å². The van der Waals surface area contributed by atoms with E-state index in [1.807, 2.05) is 35.9 Å². The van der Waals surface area contributed by atoms with Crippen molar-refractivity contribution in [2.45, 2.75) is 19.4 Å². The third-order valence-electron chi connectivity index (χ3n) is 3.23. The van der Waals surface area contributed by atoms with Crippen molar-refractivity contribution in [2.24, 2.45) is 0 Å². The lowest BCUT2D eigenvalue weighted by Gasteiger charge is -2.11. The van der Waals surface area contributed by atoms with Crippen LogP contribution in [0.5, 0.6) is 0 Å². The fourth-order valence-corrected chi connectivity index (χ4v) is 2.63. The summed E-state index contributed by atoms with van der Waals surface area (Å²) in [7, 11) is 0. The largest absolute Gasteiger partial charge is 0.388 e. The SMILES string of the molecule is Cc1ccccc1NC(=O)C(=O)NCCC(O)c1ccsc1. The van der Waals surface area contributed by atoms with E-state index in [1.54, 1.807) is 12.1 Å². The lowest BCUT2D eigenvalue weighted by atomic mass is 10.1. The van der Waals surface area contributed by atoms with Gasteiger partial charge in [-0.05, 0) is 47.4 Å². The van der Waals surface area contributed by atoms with Crippen molar-refractivity contribution >= 4 is 28.8 Å². The zero-order valence-corrected chi connectivity index (χ0v) is 13.0. The summed E-state index contributed by atoms with van der Waals surface area (Å²) in [6.07, 6.45) is -0.272. The first-order valence-corrected chi connectivity index (χ1v) is 7.87. The Morgan fingerprint density at radius 2 is 2.00 bits per heavy atom. The van der Waals surface area contributed by atoms with E-state index < -0.39 is 17.9 Å². The summed E-state index contributed by atoms with van der Waals surface area (Å²) in [4.78, 5) is 23.5. The molecule has 6 heteroatoms. The highest BCUT2D eigenvalue weighted by atomic mass is 32.1. The second-order valence-electron chi connectivity index (χ2n) is 4.89. The maximum Gasteiger partial charge on any atom is 0.313 e. The molecule has 1 aromatic carbocycles. The zero-order chi connectivity index (χ0) is 15.9. The Labute approximate surface area is 133 Å². The molecule has 0 saturated heterocycles. The van der Waals surface area contributed by atoms with E-state index in [1.165, 1.54) is 11.3 Å². The fraction of sp³-hybridized carbons (Fsp3) is 0.250. The van der Waals surface area contributed by atoms with Crippen LogP contribution in [0.4, 0.5) is 5.69 Å². The first kappa shape index (κ1) is 16.2. The highest BCUT2D eigenvalue weighted by Crippen LogP contribution is 2.18. The van der Waals surface area contributed by atoms with Gasteiger partial charge in [0.1, 0.15) is 0 Å². The normalized spacial score (nSPS) is 11.7. The predicted octanol–water partition coefficient (Wildman–Crippen LogP) is 2.23. The molecule has 5 nitrogen and oxygen atoms in total. The molecule has 0 bridgehead atoms. The van der Waals surface area contributed by atoms with Gasteiger partial charge in [0.2, 0.25) is 0 Å². The number of benzene rings is 1. The summed E-state index contributed by atoms with van der Waals surface area (Å²) < 4.78 is 0. The van der Waals surface area contributed by atoms with Crippen LogP contribution in [0.15, 0.2) is 41.1 Å². The zero-order valence-electron chi connectivity index (χ0n) is 12.2. The number of carbonyl (C=O) groups is 2. The molecular formula is C16H18N2O3S. The Hall–Kier alpha value is -2.18. The molecule has 116 valence electrons. The Morgan fingerprint density at radius 1 is 1.23 bits per heavy atom. The quantitative estimate of drug-likeness (QED) is 0.740.